The third-order valence-electron chi connectivity index (χ3n) is 3.66. The summed E-state index contributed by atoms with van der Waals surface area (Å²) in [5, 5.41) is 6.74. The van der Waals surface area contributed by atoms with Crippen LogP contribution < -0.4 is 20.5 Å². The second-order valence-electron chi connectivity index (χ2n) is 5.81. The molecule has 0 saturated carbocycles. The minimum absolute atomic E-state index is 0.0644. The van der Waals surface area contributed by atoms with Crippen LogP contribution in [0.4, 0.5) is 23.7 Å². The van der Waals surface area contributed by atoms with Crippen LogP contribution in [-0.4, -0.2) is 41.1 Å². The molecule has 0 fully saturated rings. The Hall–Kier alpha value is -3.80. The van der Waals surface area contributed by atoms with Gasteiger partial charge in [-0.3, -0.25) is 0 Å². The molecule has 3 aromatic rings. The monoisotopic (exact) mass is 423 g/mol. The Morgan fingerprint density at radius 1 is 1.20 bits per heavy atom. The van der Waals surface area contributed by atoms with Gasteiger partial charge in [0.15, 0.2) is 12.6 Å². The highest BCUT2D eigenvalue weighted by atomic mass is 19.4. The topological polar surface area (TPSA) is 114 Å². The van der Waals surface area contributed by atoms with E-state index in [0.29, 0.717) is 22.8 Å². The fourth-order valence-corrected chi connectivity index (χ4v) is 2.46. The first-order chi connectivity index (χ1) is 14.2. The number of primary amides is 1. The number of benzene rings is 2. The van der Waals surface area contributed by atoms with E-state index in [1.54, 1.807) is 18.2 Å². The van der Waals surface area contributed by atoms with Gasteiger partial charge in [-0.05, 0) is 42.5 Å². The number of carbonyl (C=O) groups excluding carboxylic acids is 1. The van der Waals surface area contributed by atoms with Crippen molar-refractivity contribution in [3.05, 3.63) is 48.8 Å². The van der Waals surface area contributed by atoms with E-state index in [1.165, 1.54) is 42.4 Å². The van der Waals surface area contributed by atoms with Crippen LogP contribution >= 0.6 is 0 Å². The highest BCUT2D eigenvalue weighted by molar-refractivity contribution is 5.90. The van der Waals surface area contributed by atoms with Crippen LogP contribution in [0.5, 0.6) is 11.5 Å². The summed E-state index contributed by atoms with van der Waals surface area (Å²) >= 11 is 0. The first-order valence-corrected chi connectivity index (χ1v) is 8.35. The molecule has 9 nitrogen and oxygen atoms in total. The number of amides is 2. The van der Waals surface area contributed by atoms with E-state index in [9.17, 15) is 18.0 Å². The quantitative estimate of drug-likeness (QED) is 0.564. The number of nitrogens with one attached hydrogen (secondary N) is 1. The number of halogens is 3. The van der Waals surface area contributed by atoms with E-state index in [1.807, 2.05) is 0 Å². The summed E-state index contributed by atoms with van der Waals surface area (Å²) in [5.41, 5.74) is 6.52. The van der Waals surface area contributed by atoms with Crippen LogP contribution in [-0.2, 0) is 4.74 Å². The number of nitrogens with two attached hydrogens (primary N) is 1. The SMILES string of the molecule is COCOc1cc(-c2ncn(-c3ccc(OC(F)(F)F)cc3)n2)ccc1NC(N)=O. The van der Waals surface area contributed by atoms with Crippen molar-refractivity contribution in [2.24, 2.45) is 5.73 Å². The summed E-state index contributed by atoms with van der Waals surface area (Å²) < 4.78 is 52.3. The highest BCUT2D eigenvalue weighted by Gasteiger charge is 2.31. The molecule has 3 rings (SSSR count). The van der Waals surface area contributed by atoms with Crippen molar-refractivity contribution in [1.29, 1.82) is 0 Å². The molecule has 0 radical (unpaired) electrons. The lowest BCUT2D eigenvalue weighted by Gasteiger charge is -2.12. The molecule has 158 valence electrons. The number of urea groups is 1. The molecular weight excluding hydrogens is 407 g/mol. The molecule has 0 atom stereocenters. The average Bonchev–Trinajstić information content (AvgIpc) is 3.16. The third-order valence-corrected chi connectivity index (χ3v) is 3.66. The van der Waals surface area contributed by atoms with Gasteiger partial charge in [0.25, 0.3) is 0 Å². The normalized spacial score (nSPS) is 11.2. The predicted octanol–water partition coefficient (Wildman–Crippen LogP) is 3.31. The molecule has 0 unspecified atom stereocenters. The van der Waals surface area contributed by atoms with Crippen molar-refractivity contribution in [1.82, 2.24) is 14.8 Å². The zero-order chi connectivity index (χ0) is 21.7. The second-order valence-corrected chi connectivity index (χ2v) is 5.81. The summed E-state index contributed by atoms with van der Waals surface area (Å²) in [6, 6.07) is 9.20. The fourth-order valence-electron chi connectivity index (χ4n) is 2.46. The zero-order valence-corrected chi connectivity index (χ0v) is 15.5. The number of alkyl halides is 3. The van der Waals surface area contributed by atoms with E-state index in [2.05, 4.69) is 20.1 Å². The lowest BCUT2D eigenvalue weighted by Crippen LogP contribution is -2.20. The van der Waals surface area contributed by atoms with Crippen molar-refractivity contribution in [2.75, 3.05) is 19.2 Å². The number of aromatic nitrogens is 3. The van der Waals surface area contributed by atoms with E-state index in [0.717, 1.165) is 0 Å². The van der Waals surface area contributed by atoms with Gasteiger partial charge in [0, 0.05) is 12.7 Å². The van der Waals surface area contributed by atoms with Crippen molar-refractivity contribution in [2.45, 2.75) is 6.36 Å². The minimum Gasteiger partial charge on any atom is -0.465 e. The molecule has 0 aliphatic heterocycles. The molecule has 3 N–H and O–H groups in total. The number of nitrogens with zero attached hydrogens (tertiary/aromatic N) is 3. The summed E-state index contributed by atoms with van der Waals surface area (Å²) in [5.74, 6) is 0.265. The van der Waals surface area contributed by atoms with Crippen molar-refractivity contribution >= 4 is 11.7 Å². The Morgan fingerprint density at radius 2 is 1.93 bits per heavy atom. The minimum atomic E-state index is -4.76. The smallest absolute Gasteiger partial charge is 0.465 e. The van der Waals surface area contributed by atoms with Crippen LogP contribution in [0.2, 0.25) is 0 Å². The maximum Gasteiger partial charge on any atom is 0.573 e. The van der Waals surface area contributed by atoms with Gasteiger partial charge in [-0.25, -0.2) is 14.5 Å². The number of hydrogen-bond acceptors (Lipinski definition) is 6. The second kappa shape index (κ2) is 8.69. The average molecular weight is 423 g/mol. The van der Waals surface area contributed by atoms with Gasteiger partial charge in [0.05, 0.1) is 11.4 Å². The molecule has 0 aliphatic carbocycles. The lowest BCUT2D eigenvalue weighted by molar-refractivity contribution is -0.274. The van der Waals surface area contributed by atoms with Gasteiger partial charge in [-0.15, -0.1) is 18.3 Å². The van der Waals surface area contributed by atoms with E-state index < -0.39 is 12.4 Å². The Balaban J connectivity index is 1.83. The Labute approximate surface area is 168 Å². The highest BCUT2D eigenvalue weighted by Crippen LogP contribution is 2.30. The number of carbonyl (C=O) groups is 1. The van der Waals surface area contributed by atoms with Gasteiger partial charge in [0.2, 0.25) is 0 Å². The Kier molecular flexibility index (Phi) is 6.06. The van der Waals surface area contributed by atoms with E-state index in [-0.39, 0.29) is 18.3 Å². The maximum absolute atomic E-state index is 12.3. The maximum atomic E-state index is 12.3. The molecule has 30 heavy (non-hydrogen) atoms. The molecule has 1 aromatic heterocycles. The molecular formula is C18H16F3N5O4. The Morgan fingerprint density at radius 3 is 2.57 bits per heavy atom. The number of rotatable bonds is 7. The van der Waals surface area contributed by atoms with Gasteiger partial charge in [0.1, 0.15) is 17.8 Å². The molecule has 1 heterocycles. The van der Waals surface area contributed by atoms with Gasteiger partial charge in [-0.2, -0.15) is 0 Å². The first kappa shape index (κ1) is 20.9. The van der Waals surface area contributed by atoms with Gasteiger partial charge >= 0.3 is 12.4 Å². The van der Waals surface area contributed by atoms with E-state index in [4.69, 9.17) is 15.2 Å². The van der Waals surface area contributed by atoms with Crippen LogP contribution in [0.1, 0.15) is 0 Å². The zero-order valence-electron chi connectivity index (χ0n) is 15.5. The summed E-state index contributed by atoms with van der Waals surface area (Å²) in [6.45, 7) is -0.0644. The first-order valence-electron chi connectivity index (χ1n) is 8.35. The van der Waals surface area contributed by atoms with Crippen LogP contribution in [0.15, 0.2) is 48.8 Å². The van der Waals surface area contributed by atoms with Crippen LogP contribution in [0.25, 0.3) is 17.1 Å². The van der Waals surface area contributed by atoms with Crippen molar-refractivity contribution in [3.8, 4) is 28.6 Å². The summed E-state index contributed by atoms with van der Waals surface area (Å²) in [7, 11) is 1.44. The number of anilines is 1. The molecule has 0 spiro atoms. The number of ether oxygens (including phenoxy) is 3. The predicted molar refractivity (Wildman–Crippen MR) is 99.2 cm³/mol. The largest absolute Gasteiger partial charge is 0.573 e. The molecule has 12 heteroatoms. The number of methoxy groups -OCH3 is 1. The molecule has 0 saturated heterocycles. The van der Waals surface area contributed by atoms with Crippen LogP contribution in [0.3, 0.4) is 0 Å². The molecule has 2 amide bonds. The van der Waals surface area contributed by atoms with Crippen LogP contribution in [0, 0.1) is 0 Å². The van der Waals surface area contributed by atoms with Crippen molar-refractivity contribution < 1.29 is 32.2 Å². The fraction of sp³-hybridized carbons (Fsp3) is 0.167. The van der Waals surface area contributed by atoms with Gasteiger partial charge < -0.3 is 25.3 Å². The Bertz CT molecular complexity index is 1020. The van der Waals surface area contributed by atoms with E-state index >= 15 is 0 Å². The van der Waals surface area contributed by atoms with Crippen molar-refractivity contribution in [3.63, 3.8) is 0 Å². The third kappa shape index (κ3) is 5.38. The molecule has 0 bridgehead atoms. The van der Waals surface area contributed by atoms with Gasteiger partial charge in [-0.1, -0.05) is 0 Å². The molecule has 0 aliphatic rings. The standard InChI is InChI=1S/C18H16F3N5O4/c1-28-10-29-15-8-11(2-7-14(15)24-17(22)27)16-23-9-26(25-16)12-3-5-13(6-4-12)30-18(19,20)21/h2-9H,10H2,1H3,(H3,22,24,27). The number of hydrogen-bond donors (Lipinski definition) is 2. The summed E-state index contributed by atoms with van der Waals surface area (Å²) in [4.78, 5) is 15.3. The lowest BCUT2D eigenvalue weighted by atomic mass is 10.2. The summed E-state index contributed by atoms with van der Waals surface area (Å²) in [6.07, 6.45) is -3.36. The molecule has 2 aromatic carbocycles.